The fourth-order valence-electron chi connectivity index (χ4n) is 4.44. The summed E-state index contributed by atoms with van der Waals surface area (Å²) in [5.74, 6) is 1.09. The van der Waals surface area contributed by atoms with Crippen molar-refractivity contribution < 1.29 is 9.53 Å². The lowest BCUT2D eigenvalue weighted by Gasteiger charge is -2.47. The molecule has 154 valence electrons. The minimum absolute atomic E-state index is 0.227. The summed E-state index contributed by atoms with van der Waals surface area (Å²) in [5, 5.41) is 0. The van der Waals surface area contributed by atoms with Crippen LogP contribution in [0.4, 0.5) is 0 Å². The second kappa shape index (κ2) is 8.45. The summed E-state index contributed by atoms with van der Waals surface area (Å²) in [6, 6.07) is 3.88. The smallest absolute Gasteiger partial charge is 0.222 e. The maximum absolute atomic E-state index is 12.5. The molecule has 7 nitrogen and oxygen atoms in total. The van der Waals surface area contributed by atoms with E-state index in [1.54, 1.807) is 25.7 Å². The van der Waals surface area contributed by atoms with Gasteiger partial charge in [0, 0.05) is 38.0 Å². The van der Waals surface area contributed by atoms with E-state index in [2.05, 4.69) is 19.9 Å². The Bertz CT molecular complexity index is 847. The molecule has 2 aromatic heterocycles. The Hall–Kier alpha value is -2.54. The first kappa shape index (κ1) is 19.8. The van der Waals surface area contributed by atoms with Gasteiger partial charge in [0.2, 0.25) is 5.91 Å². The van der Waals surface area contributed by atoms with Gasteiger partial charge < -0.3 is 9.64 Å². The molecule has 0 atom stereocenters. The Labute approximate surface area is 172 Å². The maximum Gasteiger partial charge on any atom is 0.222 e. The van der Waals surface area contributed by atoms with Gasteiger partial charge in [0.1, 0.15) is 5.75 Å². The Morgan fingerprint density at radius 2 is 1.90 bits per heavy atom. The lowest BCUT2D eigenvalue weighted by molar-refractivity contribution is -0.140. The summed E-state index contributed by atoms with van der Waals surface area (Å²) in [6.45, 7) is 6.22. The fourth-order valence-corrected chi connectivity index (χ4v) is 4.44. The molecule has 1 amide bonds. The van der Waals surface area contributed by atoms with Gasteiger partial charge >= 0.3 is 0 Å². The minimum atomic E-state index is 0.227. The second-order valence-corrected chi connectivity index (χ2v) is 8.36. The first-order chi connectivity index (χ1) is 14.0. The molecule has 0 saturated carbocycles. The van der Waals surface area contributed by atoms with Gasteiger partial charge in [-0.05, 0) is 50.8 Å². The summed E-state index contributed by atoms with van der Waals surface area (Å²) >= 11 is 0. The van der Waals surface area contributed by atoms with Crippen LogP contribution in [-0.2, 0) is 17.9 Å². The Morgan fingerprint density at radius 3 is 2.62 bits per heavy atom. The van der Waals surface area contributed by atoms with Crippen LogP contribution in [0.3, 0.4) is 0 Å². The molecule has 0 aromatic carbocycles. The molecule has 4 rings (SSSR count). The van der Waals surface area contributed by atoms with Crippen LogP contribution in [0.1, 0.15) is 42.8 Å². The number of aryl methyl sites for hydroxylation is 1. The number of rotatable bonds is 5. The number of piperidine rings is 2. The fraction of sp³-hybridized carbons (Fsp3) is 0.545. The highest BCUT2D eigenvalue weighted by Gasteiger charge is 2.41. The minimum Gasteiger partial charge on any atom is -0.497 e. The van der Waals surface area contributed by atoms with E-state index in [9.17, 15) is 4.79 Å². The molecule has 29 heavy (non-hydrogen) atoms. The van der Waals surface area contributed by atoms with Crippen molar-refractivity contribution in [3.8, 4) is 5.75 Å². The van der Waals surface area contributed by atoms with E-state index in [0.29, 0.717) is 13.0 Å². The third-order valence-corrected chi connectivity index (χ3v) is 6.26. The van der Waals surface area contributed by atoms with Crippen LogP contribution < -0.4 is 4.74 Å². The van der Waals surface area contributed by atoms with E-state index in [4.69, 9.17) is 4.74 Å². The molecule has 4 heterocycles. The molecule has 0 radical (unpaired) electrons. The van der Waals surface area contributed by atoms with Crippen molar-refractivity contribution in [2.24, 2.45) is 5.41 Å². The summed E-state index contributed by atoms with van der Waals surface area (Å²) < 4.78 is 5.31. The second-order valence-electron chi connectivity index (χ2n) is 8.36. The normalized spacial score (nSPS) is 19.5. The number of hydrogen-bond acceptors (Lipinski definition) is 6. The van der Waals surface area contributed by atoms with Crippen molar-refractivity contribution in [3.63, 3.8) is 0 Å². The molecule has 1 spiro atoms. The number of pyridine rings is 1. The number of carbonyl (C=O) groups is 1. The molecule has 2 saturated heterocycles. The summed E-state index contributed by atoms with van der Waals surface area (Å²) in [6.07, 6.45) is 9.21. The first-order valence-corrected chi connectivity index (χ1v) is 10.3. The molecule has 2 aliphatic heterocycles. The van der Waals surface area contributed by atoms with Gasteiger partial charge in [-0.3, -0.25) is 24.6 Å². The van der Waals surface area contributed by atoms with Crippen LogP contribution in [0, 0.1) is 12.3 Å². The topological polar surface area (TPSA) is 71.5 Å². The van der Waals surface area contributed by atoms with Crippen LogP contribution in [0.15, 0.2) is 30.7 Å². The third kappa shape index (κ3) is 4.72. The molecule has 2 aliphatic rings. The maximum atomic E-state index is 12.5. The first-order valence-electron chi connectivity index (χ1n) is 10.3. The number of likely N-dealkylation sites (tertiary alicyclic amines) is 2. The molecule has 0 aliphatic carbocycles. The van der Waals surface area contributed by atoms with Crippen molar-refractivity contribution in [3.05, 3.63) is 47.8 Å². The van der Waals surface area contributed by atoms with Crippen LogP contribution in [0.2, 0.25) is 0 Å². The third-order valence-electron chi connectivity index (χ3n) is 6.26. The van der Waals surface area contributed by atoms with Crippen LogP contribution in [-0.4, -0.2) is 57.4 Å². The predicted molar refractivity (Wildman–Crippen MR) is 109 cm³/mol. The largest absolute Gasteiger partial charge is 0.497 e. The molecular formula is C22H29N5O2. The highest BCUT2D eigenvalue weighted by molar-refractivity contribution is 5.77. The zero-order valence-corrected chi connectivity index (χ0v) is 17.3. The van der Waals surface area contributed by atoms with Crippen molar-refractivity contribution in [1.29, 1.82) is 0 Å². The number of amides is 1. The van der Waals surface area contributed by atoms with Crippen molar-refractivity contribution in [2.45, 2.75) is 45.7 Å². The molecule has 0 N–H and O–H groups in total. The van der Waals surface area contributed by atoms with Crippen molar-refractivity contribution in [1.82, 2.24) is 24.8 Å². The van der Waals surface area contributed by atoms with E-state index in [1.165, 1.54) is 0 Å². The SMILES string of the molecule is COc1ccnc(CN2CCC3(CCC(=O)N(Cc4cnc(C)cn4)C3)CC2)c1. The van der Waals surface area contributed by atoms with Crippen LogP contribution in [0.25, 0.3) is 0 Å². The average molecular weight is 396 g/mol. The highest BCUT2D eigenvalue weighted by atomic mass is 16.5. The van der Waals surface area contributed by atoms with Gasteiger partial charge in [-0.2, -0.15) is 0 Å². The van der Waals surface area contributed by atoms with Gasteiger partial charge in [0.25, 0.3) is 0 Å². The van der Waals surface area contributed by atoms with E-state index < -0.39 is 0 Å². The highest BCUT2D eigenvalue weighted by Crippen LogP contribution is 2.40. The summed E-state index contributed by atoms with van der Waals surface area (Å²) in [4.78, 5) is 30.2. The summed E-state index contributed by atoms with van der Waals surface area (Å²) in [5.41, 5.74) is 3.03. The lowest BCUT2D eigenvalue weighted by Crippen LogP contribution is -2.51. The number of carbonyl (C=O) groups excluding carboxylic acids is 1. The van der Waals surface area contributed by atoms with Gasteiger partial charge in [-0.15, -0.1) is 0 Å². The Balaban J connectivity index is 1.35. The Kier molecular flexibility index (Phi) is 5.76. The van der Waals surface area contributed by atoms with E-state index in [1.807, 2.05) is 24.0 Å². The van der Waals surface area contributed by atoms with E-state index >= 15 is 0 Å². The number of hydrogen-bond donors (Lipinski definition) is 0. The number of ether oxygens (including phenoxy) is 1. The van der Waals surface area contributed by atoms with Crippen molar-refractivity contribution >= 4 is 5.91 Å². The number of methoxy groups -OCH3 is 1. The molecule has 7 heteroatoms. The van der Waals surface area contributed by atoms with Gasteiger partial charge in [-0.25, -0.2) is 0 Å². The van der Waals surface area contributed by atoms with Crippen LogP contribution in [0.5, 0.6) is 5.75 Å². The number of nitrogens with zero attached hydrogens (tertiary/aromatic N) is 5. The molecular weight excluding hydrogens is 366 g/mol. The molecule has 0 unspecified atom stereocenters. The van der Waals surface area contributed by atoms with Gasteiger partial charge in [0.05, 0.1) is 36.9 Å². The van der Waals surface area contributed by atoms with E-state index in [-0.39, 0.29) is 11.3 Å². The van der Waals surface area contributed by atoms with Crippen molar-refractivity contribution in [2.75, 3.05) is 26.7 Å². The Morgan fingerprint density at radius 1 is 1.07 bits per heavy atom. The molecule has 2 aromatic rings. The summed E-state index contributed by atoms with van der Waals surface area (Å²) in [7, 11) is 1.68. The lowest BCUT2D eigenvalue weighted by atomic mass is 9.72. The predicted octanol–water partition coefficient (Wildman–Crippen LogP) is 2.59. The molecule has 2 fully saturated rings. The zero-order valence-electron chi connectivity index (χ0n) is 17.3. The van der Waals surface area contributed by atoms with Gasteiger partial charge in [-0.1, -0.05) is 0 Å². The average Bonchev–Trinajstić information content (AvgIpc) is 2.74. The van der Waals surface area contributed by atoms with Crippen LogP contribution >= 0.6 is 0 Å². The van der Waals surface area contributed by atoms with E-state index in [0.717, 1.165) is 68.3 Å². The van der Waals surface area contributed by atoms with Gasteiger partial charge in [0.15, 0.2) is 0 Å². The standard InChI is InChI=1S/C22H29N5O2/c1-17-12-25-19(13-24-17)15-27-16-22(5-3-21(27)28)6-9-26(10-7-22)14-18-11-20(29-2)4-8-23-18/h4,8,11-13H,3,5-7,9-10,14-16H2,1-2H3. The monoisotopic (exact) mass is 395 g/mol. The zero-order chi connectivity index (χ0) is 20.3. The quantitative estimate of drug-likeness (QED) is 0.775. The number of aromatic nitrogens is 3. The molecule has 0 bridgehead atoms.